The molecule has 2 aliphatic rings. The predicted molar refractivity (Wildman–Crippen MR) is 140 cm³/mol. The zero-order valence-electron chi connectivity index (χ0n) is 19.0. The highest BCUT2D eigenvalue weighted by molar-refractivity contribution is 7.80. The Morgan fingerprint density at radius 1 is 1.00 bits per heavy atom. The highest BCUT2D eigenvalue weighted by Gasteiger charge is 2.34. The fourth-order valence-corrected chi connectivity index (χ4v) is 4.86. The summed E-state index contributed by atoms with van der Waals surface area (Å²) in [5, 5.41) is 2.76. The minimum atomic E-state index is -0.470. The van der Waals surface area contributed by atoms with Gasteiger partial charge >= 0.3 is 0 Å². The SMILES string of the molecule is Cc1cccc(N2C(=O)C(=Cc3ccc4c(c3)CCCN4Cc3ccccc3)C(=O)NC2=S)c1. The molecule has 0 radical (unpaired) electrons. The van der Waals surface area contributed by atoms with Crippen molar-refractivity contribution in [1.82, 2.24) is 5.32 Å². The second kappa shape index (κ2) is 9.23. The molecule has 5 nitrogen and oxygen atoms in total. The third-order valence-electron chi connectivity index (χ3n) is 6.21. The number of nitrogens with one attached hydrogen (secondary N) is 1. The molecule has 2 amide bonds. The van der Waals surface area contributed by atoms with E-state index >= 15 is 0 Å². The van der Waals surface area contributed by atoms with Crippen molar-refractivity contribution in [2.45, 2.75) is 26.3 Å². The van der Waals surface area contributed by atoms with E-state index in [0.717, 1.165) is 37.1 Å². The highest BCUT2D eigenvalue weighted by atomic mass is 32.1. The van der Waals surface area contributed by atoms with Gasteiger partial charge in [-0.05, 0) is 84.6 Å². The second-order valence-corrected chi connectivity index (χ2v) is 9.08. The van der Waals surface area contributed by atoms with Gasteiger partial charge in [0, 0.05) is 18.8 Å². The van der Waals surface area contributed by atoms with E-state index in [9.17, 15) is 9.59 Å². The molecule has 2 heterocycles. The third-order valence-corrected chi connectivity index (χ3v) is 6.49. The Morgan fingerprint density at radius 2 is 1.82 bits per heavy atom. The van der Waals surface area contributed by atoms with E-state index in [1.165, 1.54) is 21.7 Å². The van der Waals surface area contributed by atoms with E-state index < -0.39 is 11.8 Å². The van der Waals surface area contributed by atoms with Crippen molar-refractivity contribution in [2.75, 3.05) is 16.3 Å². The van der Waals surface area contributed by atoms with Crippen LogP contribution in [0.1, 0.15) is 28.7 Å². The summed E-state index contributed by atoms with van der Waals surface area (Å²) < 4.78 is 0. The van der Waals surface area contributed by atoms with Crippen molar-refractivity contribution in [3.05, 3.63) is 101 Å². The maximum Gasteiger partial charge on any atom is 0.270 e. The molecule has 1 fully saturated rings. The molecule has 5 rings (SSSR count). The Kier molecular flexibility index (Phi) is 5.99. The van der Waals surface area contributed by atoms with Crippen LogP contribution in [-0.4, -0.2) is 23.5 Å². The van der Waals surface area contributed by atoms with Gasteiger partial charge in [-0.3, -0.25) is 19.8 Å². The average molecular weight is 468 g/mol. The summed E-state index contributed by atoms with van der Waals surface area (Å²) in [4.78, 5) is 29.8. The van der Waals surface area contributed by atoms with E-state index in [4.69, 9.17) is 12.2 Å². The topological polar surface area (TPSA) is 52.7 Å². The number of carbonyl (C=O) groups excluding carboxylic acids is 2. The largest absolute Gasteiger partial charge is 0.367 e. The molecule has 1 N–H and O–H groups in total. The van der Waals surface area contributed by atoms with Gasteiger partial charge in [-0.1, -0.05) is 48.5 Å². The molecule has 6 heteroatoms. The standard InChI is InChI=1S/C28H25N3O2S/c1-19-7-5-11-23(15-19)31-27(33)24(26(32)29-28(31)34)17-21-12-13-25-22(16-21)10-6-14-30(25)18-20-8-3-2-4-9-20/h2-5,7-9,11-13,15-17H,6,10,14,18H2,1H3,(H,29,32,34). The third kappa shape index (κ3) is 4.37. The first-order valence-corrected chi connectivity index (χ1v) is 11.8. The number of thiocarbonyl (C=S) groups is 1. The Bertz CT molecular complexity index is 1320. The van der Waals surface area contributed by atoms with E-state index in [1.54, 1.807) is 6.08 Å². The summed E-state index contributed by atoms with van der Waals surface area (Å²) >= 11 is 5.31. The number of hydrogen-bond donors (Lipinski definition) is 1. The zero-order valence-corrected chi connectivity index (χ0v) is 19.8. The van der Waals surface area contributed by atoms with Gasteiger partial charge in [0.15, 0.2) is 5.11 Å². The van der Waals surface area contributed by atoms with Gasteiger partial charge in [-0.25, -0.2) is 0 Å². The molecule has 0 saturated carbocycles. The summed E-state index contributed by atoms with van der Waals surface area (Å²) in [5.74, 6) is -0.884. The Labute approximate surface area is 204 Å². The van der Waals surface area contributed by atoms with Crippen LogP contribution in [0.4, 0.5) is 11.4 Å². The number of fused-ring (bicyclic) bond motifs is 1. The van der Waals surface area contributed by atoms with Crippen molar-refractivity contribution >= 4 is 46.6 Å². The molecule has 3 aromatic rings. The van der Waals surface area contributed by atoms with Gasteiger partial charge in [0.25, 0.3) is 11.8 Å². The predicted octanol–water partition coefficient (Wildman–Crippen LogP) is 4.78. The van der Waals surface area contributed by atoms with Gasteiger partial charge in [0.05, 0.1) is 5.69 Å². The van der Waals surface area contributed by atoms with Crippen molar-refractivity contribution < 1.29 is 9.59 Å². The summed E-state index contributed by atoms with van der Waals surface area (Å²) in [6, 6.07) is 24.1. The monoisotopic (exact) mass is 467 g/mol. The number of aryl methyl sites for hydroxylation is 2. The van der Waals surface area contributed by atoms with Crippen LogP contribution in [0.25, 0.3) is 6.08 Å². The first-order valence-electron chi connectivity index (χ1n) is 11.4. The highest BCUT2D eigenvalue weighted by Crippen LogP contribution is 2.31. The maximum absolute atomic E-state index is 13.3. The Morgan fingerprint density at radius 3 is 2.62 bits per heavy atom. The summed E-state index contributed by atoms with van der Waals surface area (Å²) in [5.41, 5.74) is 6.26. The minimum absolute atomic E-state index is 0.0759. The first-order chi connectivity index (χ1) is 16.5. The van der Waals surface area contributed by atoms with Gasteiger partial charge < -0.3 is 4.90 Å². The lowest BCUT2D eigenvalue weighted by molar-refractivity contribution is -0.122. The van der Waals surface area contributed by atoms with Crippen LogP contribution in [0.5, 0.6) is 0 Å². The summed E-state index contributed by atoms with van der Waals surface area (Å²) in [6.07, 6.45) is 3.70. The number of benzene rings is 3. The first kappa shape index (κ1) is 22.0. The van der Waals surface area contributed by atoms with E-state index in [0.29, 0.717) is 5.69 Å². The lowest BCUT2D eigenvalue weighted by Crippen LogP contribution is -2.54. The molecule has 170 valence electrons. The molecule has 0 spiro atoms. The van der Waals surface area contributed by atoms with Gasteiger partial charge in [-0.15, -0.1) is 0 Å². The normalized spacial score (nSPS) is 17.1. The van der Waals surface area contributed by atoms with Crippen LogP contribution in [0, 0.1) is 6.92 Å². The number of rotatable bonds is 4. The molecule has 1 saturated heterocycles. The van der Waals surface area contributed by atoms with Crippen molar-refractivity contribution in [3.8, 4) is 0 Å². The van der Waals surface area contributed by atoms with E-state index in [2.05, 4.69) is 46.6 Å². The molecular weight excluding hydrogens is 442 g/mol. The number of carbonyl (C=O) groups is 2. The molecule has 0 aliphatic carbocycles. The van der Waals surface area contributed by atoms with Gasteiger partial charge in [0.2, 0.25) is 0 Å². The van der Waals surface area contributed by atoms with Crippen LogP contribution >= 0.6 is 12.2 Å². The van der Waals surface area contributed by atoms with Crippen molar-refractivity contribution in [2.24, 2.45) is 0 Å². The molecule has 0 aromatic heterocycles. The van der Waals surface area contributed by atoms with Crippen LogP contribution in [0.15, 0.2) is 78.4 Å². The number of anilines is 2. The van der Waals surface area contributed by atoms with Crippen LogP contribution in [0.3, 0.4) is 0 Å². The molecule has 3 aromatic carbocycles. The van der Waals surface area contributed by atoms with Gasteiger partial charge in [0.1, 0.15) is 5.57 Å². The molecule has 34 heavy (non-hydrogen) atoms. The Balaban J connectivity index is 1.44. The quantitative estimate of drug-likeness (QED) is 0.341. The second-order valence-electron chi connectivity index (χ2n) is 8.70. The van der Waals surface area contributed by atoms with Crippen molar-refractivity contribution in [1.29, 1.82) is 0 Å². The smallest absolute Gasteiger partial charge is 0.270 e. The minimum Gasteiger partial charge on any atom is -0.367 e. The lowest BCUT2D eigenvalue weighted by Gasteiger charge is -2.32. The van der Waals surface area contributed by atoms with Crippen LogP contribution < -0.4 is 15.1 Å². The lowest BCUT2D eigenvalue weighted by atomic mass is 9.97. The molecule has 0 unspecified atom stereocenters. The Hall–Kier alpha value is -3.77. The molecule has 0 bridgehead atoms. The summed E-state index contributed by atoms with van der Waals surface area (Å²) in [6.45, 7) is 3.81. The number of nitrogens with zero attached hydrogens (tertiary/aromatic N) is 2. The van der Waals surface area contributed by atoms with E-state index in [-0.39, 0.29) is 10.7 Å². The van der Waals surface area contributed by atoms with E-state index in [1.807, 2.05) is 43.3 Å². The van der Waals surface area contributed by atoms with Crippen LogP contribution in [0.2, 0.25) is 0 Å². The summed E-state index contributed by atoms with van der Waals surface area (Å²) in [7, 11) is 0. The average Bonchev–Trinajstić information content (AvgIpc) is 2.82. The fraction of sp³-hybridized carbons (Fsp3) is 0.179. The zero-order chi connectivity index (χ0) is 23.7. The fourth-order valence-electron chi connectivity index (χ4n) is 4.58. The van der Waals surface area contributed by atoms with Crippen molar-refractivity contribution in [3.63, 3.8) is 0 Å². The number of hydrogen-bond acceptors (Lipinski definition) is 4. The van der Waals surface area contributed by atoms with Gasteiger partial charge in [-0.2, -0.15) is 0 Å². The number of amides is 2. The molecule has 0 atom stereocenters. The molecular formula is C28H25N3O2S. The maximum atomic E-state index is 13.3. The van der Waals surface area contributed by atoms with Crippen LogP contribution in [-0.2, 0) is 22.6 Å². The molecule has 2 aliphatic heterocycles.